The van der Waals surface area contributed by atoms with Gasteiger partial charge in [-0.1, -0.05) is 48.5 Å². The number of nitrogens with one attached hydrogen (secondary N) is 4. The van der Waals surface area contributed by atoms with Gasteiger partial charge in [0.25, 0.3) is 11.9 Å². The summed E-state index contributed by atoms with van der Waals surface area (Å²) in [5.74, 6) is -0.713. The van der Waals surface area contributed by atoms with Crippen molar-refractivity contribution in [2.24, 2.45) is 4.99 Å². The fourth-order valence-electron chi connectivity index (χ4n) is 4.03. The van der Waals surface area contributed by atoms with Gasteiger partial charge in [-0.15, -0.1) is 11.3 Å². The second-order valence-corrected chi connectivity index (χ2v) is 9.35. The number of para-hydroxylation sites is 1. The van der Waals surface area contributed by atoms with Gasteiger partial charge in [-0.3, -0.25) is 15.6 Å². The molecule has 0 aliphatic carbocycles. The van der Waals surface area contributed by atoms with Crippen LogP contribution in [0.15, 0.2) is 59.6 Å². The first-order valence-corrected chi connectivity index (χ1v) is 12.3. The smallest absolute Gasteiger partial charge is 0.290 e. The number of aliphatic imine (C=N–C) groups is 1. The van der Waals surface area contributed by atoms with E-state index in [4.69, 9.17) is 20.3 Å². The maximum atomic E-state index is 13.0. The van der Waals surface area contributed by atoms with Crippen LogP contribution < -0.4 is 15.5 Å². The first-order chi connectivity index (χ1) is 17.5. The lowest BCUT2D eigenvalue weighted by Gasteiger charge is -2.27. The predicted molar refractivity (Wildman–Crippen MR) is 140 cm³/mol. The van der Waals surface area contributed by atoms with E-state index in [1.54, 1.807) is 0 Å². The first kappa shape index (κ1) is 23.6. The third kappa shape index (κ3) is 4.97. The molecule has 0 radical (unpaired) electrons. The molecule has 0 bridgehead atoms. The number of carbonyl (C=O) groups is 1. The predicted octanol–water partition coefficient (Wildman–Crippen LogP) is 2.97. The van der Waals surface area contributed by atoms with Crippen molar-refractivity contribution in [1.29, 1.82) is 10.8 Å². The molecule has 3 aromatic rings. The lowest BCUT2D eigenvalue weighted by Crippen LogP contribution is -2.43. The van der Waals surface area contributed by atoms with E-state index in [1.165, 1.54) is 11.3 Å². The van der Waals surface area contributed by atoms with Gasteiger partial charge < -0.3 is 25.0 Å². The Morgan fingerprint density at radius 1 is 1.14 bits per heavy atom. The Morgan fingerprint density at radius 3 is 2.64 bits per heavy atom. The van der Waals surface area contributed by atoms with Crippen LogP contribution in [0.1, 0.15) is 21.8 Å². The quantitative estimate of drug-likeness (QED) is 0.319. The molecule has 5 rings (SSSR count). The highest BCUT2D eigenvalue weighted by atomic mass is 32.1. The molecule has 184 valence electrons. The van der Waals surface area contributed by atoms with Gasteiger partial charge in [-0.05, 0) is 13.0 Å². The van der Waals surface area contributed by atoms with Crippen molar-refractivity contribution in [1.82, 2.24) is 10.3 Å². The molecule has 0 spiro atoms. The Bertz CT molecular complexity index is 1330. The Labute approximate surface area is 212 Å². The highest BCUT2D eigenvalue weighted by Crippen LogP contribution is 2.30. The summed E-state index contributed by atoms with van der Waals surface area (Å²) in [4.78, 5) is 24.2. The van der Waals surface area contributed by atoms with E-state index in [-0.39, 0.29) is 5.90 Å². The number of thiazole rings is 1. The average molecular weight is 504 g/mol. The average Bonchev–Trinajstić information content (AvgIpc) is 3.23. The second-order valence-electron chi connectivity index (χ2n) is 8.17. The van der Waals surface area contributed by atoms with Gasteiger partial charge in [-0.2, -0.15) is 0 Å². The van der Waals surface area contributed by atoms with Crippen molar-refractivity contribution in [2.75, 3.05) is 36.5 Å². The van der Waals surface area contributed by atoms with Crippen LogP contribution in [-0.4, -0.2) is 61.0 Å². The van der Waals surface area contributed by atoms with Crippen molar-refractivity contribution in [3.05, 3.63) is 76.4 Å². The normalized spacial score (nSPS) is 17.4. The van der Waals surface area contributed by atoms with Crippen molar-refractivity contribution < 1.29 is 14.3 Å². The van der Waals surface area contributed by atoms with Crippen LogP contribution in [0.3, 0.4) is 0 Å². The molecule has 2 aromatic carbocycles. The summed E-state index contributed by atoms with van der Waals surface area (Å²) in [5, 5.41) is 24.0. The zero-order valence-electron chi connectivity index (χ0n) is 19.6. The number of ether oxygens (including phenoxy) is 2. The number of fused-ring (bicyclic) bond motifs is 1. The Hall–Kier alpha value is -4.09. The minimum Gasteiger partial charge on any atom is -0.405 e. The van der Waals surface area contributed by atoms with Gasteiger partial charge in [0.05, 0.1) is 29.6 Å². The highest BCUT2D eigenvalue weighted by molar-refractivity contribution is 7.16. The van der Waals surface area contributed by atoms with Crippen molar-refractivity contribution in [3.8, 4) is 0 Å². The zero-order chi connectivity index (χ0) is 25.1. The molecule has 36 heavy (non-hydrogen) atoms. The minimum absolute atomic E-state index is 0.275. The number of hydrogen-bond acceptors (Lipinski definition) is 9. The van der Waals surface area contributed by atoms with E-state index >= 15 is 0 Å². The van der Waals surface area contributed by atoms with Crippen molar-refractivity contribution >= 4 is 45.6 Å². The standard InChI is InChI=1S/C25H25N7O3S/c1-15-28-20(24(36-15)32-11-13-34-14-12-32)21(26)35-25(27)31-22-23(33)29-18-10-6-5-9-17(18)19(30-22)16-7-3-2-4-8-16/h2-10,22,26H,11-14H2,1H3,(H2,27,31)(H,29,33). The van der Waals surface area contributed by atoms with E-state index in [2.05, 4.69) is 25.5 Å². The summed E-state index contributed by atoms with van der Waals surface area (Å²) < 4.78 is 10.9. The van der Waals surface area contributed by atoms with Gasteiger partial charge in [0, 0.05) is 24.2 Å². The van der Waals surface area contributed by atoms with E-state index in [9.17, 15) is 4.79 Å². The van der Waals surface area contributed by atoms with Gasteiger partial charge in [0.1, 0.15) is 5.00 Å². The molecule has 4 N–H and O–H groups in total. The molecule has 11 heteroatoms. The lowest BCUT2D eigenvalue weighted by atomic mass is 10.0. The SMILES string of the molecule is Cc1nc(C(=N)OC(=N)NC2N=C(c3ccccc3)c3ccccc3NC2=O)c(N2CCOCC2)s1. The molecule has 2 aliphatic heterocycles. The first-order valence-electron chi connectivity index (χ1n) is 11.4. The van der Waals surface area contributed by atoms with Crippen LogP contribution in [-0.2, 0) is 14.3 Å². The van der Waals surface area contributed by atoms with Crippen LogP contribution in [0.5, 0.6) is 0 Å². The Balaban J connectivity index is 1.36. The molecule has 1 fully saturated rings. The summed E-state index contributed by atoms with van der Waals surface area (Å²) in [6.45, 7) is 4.45. The summed E-state index contributed by atoms with van der Waals surface area (Å²) in [5.41, 5.74) is 3.20. The molecule has 1 unspecified atom stereocenters. The monoisotopic (exact) mass is 503 g/mol. The molecular weight excluding hydrogens is 478 g/mol. The number of rotatable bonds is 4. The van der Waals surface area contributed by atoms with Crippen LogP contribution in [0, 0.1) is 17.7 Å². The largest absolute Gasteiger partial charge is 0.405 e. The molecule has 2 aliphatic rings. The molecular formula is C25H25N7O3S. The van der Waals surface area contributed by atoms with E-state index in [0.717, 1.165) is 21.1 Å². The van der Waals surface area contributed by atoms with Gasteiger partial charge in [0.2, 0.25) is 12.1 Å². The number of nitrogens with zero attached hydrogens (tertiary/aromatic N) is 3. The molecule has 3 heterocycles. The molecule has 1 atom stereocenters. The van der Waals surface area contributed by atoms with Crippen LogP contribution in [0.25, 0.3) is 0 Å². The Kier molecular flexibility index (Phi) is 6.74. The number of amides is 1. The summed E-state index contributed by atoms with van der Waals surface area (Å²) in [6, 6.07) is 16.5. The number of morpholine rings is 1. The number of benzene rings is 2. The molecule has 1 amide bonds. The number of anilines is 2. The van der Waals surface area contributed by atoms with Gasteiger partial charge >= 0.3 is 0 Å². The molecule has 0 saturated carbocycles. The summed E-state index contributed by atoms with van der Waals surface area (Å²) >= 11 is 1.47. The van der Waals surface area contributed by atoms with Gasteiger partial charge in [-0.25, -0.2) is 9.98 Å². The van der Waals surface area contributed by atoms with Crippen LogP contribution >= 0.6 is 11.3 Å². The van der Waals surface area contributed by atoms with Crippen LogP contribution in [0.2, 0.25) is 0 Å². The summed E-state index contributed by atoms with van der Waals surface area (Å²) in [7, 11) is 0. The van der Waals surface area contributed by atoms with Crippen molar-refractivity contribution in [3.63, 3.8) is 0 Å². The fourth-order valence-corrected chi connectivity index (χ4v) is 4.99. The zero-order valence-corrected chi connectivity index (χ0v) is 20.4. The third-order valence-electron chi connectivity index (χ3n) is 5.70. The third-order valence-corrected chi connectivity index (χ3v) is 6.73. The molecule has 1 saturated heterocycles. The Morgan fingerprint density at radius 2 is 1.86 bits per heavy atom. The maximum absolute atomic E-state index is 13.0. The van der Waals surface area contributed by atoms with Crippen LogP contribution in [0.4, 0.5) is 10.7 Å². The lowest BCUT2D eigenvalue weighted by molar-refractivity contribution is -0.117. The minimum atomic E-state index is -1.14. The number of aromatic nitrogens is 1. The number of hydrogen-bond donors (Lipinski definition) is 4. The number of aryl methyl sites for hydroxylation is 1. The summed E-state index contributed by atoms with van der Waals surface area (Å²) in [6.07, 6.45) is -1.14. The van der Waals surface area contributed by atoms with E-state index in [0.29, 0.717) is 43.4 Å². The van der Waals surface area contributed by atoms with E-state index < -0.39 is 18.1 Å². The number of benzodiazepines with no additional fused rings is 1. The van der Waals surface area contributed by atoms with E-state index in [1.807, 2.05) is 61.5 Å². The number of amidine groups is 1. The van der Waals surface area contributed by atoms with Gasteiger partial charge in [0.15, 0.2) is 5.69 Å². The maximum Gasteiger partial charge on any atom is 0.290 e. The molecule has 1 aromatic heterocycles. The highest BCUT2D eigenvalue weighted by Gasteiger charge is 2.28. The van der Waals surface area contributed by atoms with Crippen molar-refractivity contribution in [2.45, 2.75) is 13.1 Å². The fraction of sp³-hybridized carbons (Fsp3) is 0.240. The second kappa shape index (κ2) is 10.3. The number of carbonyl (C=O) groups excluding carboxylic acids is 1. The topological polar surface area (TPSA) is 136 Å². The molecule has 10 nitrogen and oxygen atoms in total.